The number of nitrogens with zero attached hydrogens (tertiary/aromatic N) is 4. The van der Waals surface area contributed by atoms with E-state index in [4.69, 9.17) is 4.42 Å². The molecule has 0 spiro atoms. The van der Waals surface area contributed by atoms with Crippen LogP contribution in [0, 0.1) is 0 Å². The van der Waals surface area contributed by atoms with Gasteiger partial charge in [-0.2, -0.15) is 5.10 Å². The summed E-state index contributed by atoms with van der Waals surface area (Å²) >= 11 is 1.55. The van der Waals surface area contributed by atoms with Gasteiger partial charge in [-0.05, 0) is 23.6 Å². The largest absolute Gasteiger partial charge is 0.401 e. The molecule has 3 heterocycles. The molecule has 0 saturated carbocycles. The SMILES string of the molecule is Cn1nccc1-c1nnc(NC(=O)C=Cc2cccs2)o1. The molecule has 3 aromatic heterocycles. The summed E-state index contributed by atoms with van der Waals surface area (Å²) in [6.07, 6.45) is 4.76. The van der Waals surface area contributed by atoms with E-state index in [1.54, 1.807) is 41.4 Å². The van der Waals surface area contributed by atoms with E-state index >= 15 is 0 Å². The third-order valence-corrected chi connectivity index (χ3v) is 3.47. The van der Waals surface area contributed by atoms with Crippen LogP contribution in [-0.2, 0) is 11.8 Å². The van der Waals surface area contributed by atoms with E-state index in [1.165, 1.54) is 6.08 Å². The van der Waals surface area contributed by atoms with Gasteiger partial charge in [0.05, 0.1) is 0 Å². The molecule has 0 fully saturated rings. The van der Waals surface area contributed by atoms with Crippen molar-refractivity contribution in [3.63, 3.8) is 0 Å². The molecular weight excluding hydrogens is 290 g/mol. The van der Waals surface area contributed by atoms with E-state index in [-0.39, 0.29) is 11.9 Å². The zero-order valence-corrected chi connectivity index (χ0v) is 11.9. The standard InChI is InChI=1S/C13H11N5O2S/c1-18-10(6-7-14-18)12-16-17-13(20-12)15-11(19)5-4-9-3-2-8-21-9/h2-8H,1H3,(H,15,17,19). The highest BCUT2D eigenvalue weighted by Crippen LogP contribution is 2.18. The molecule has 3 rings (SSSR count). The Balaban J connectivity index is 1.67. The third kappa shape index (κ3) is 3.06. The minimum Gasteiger partial charge on any atom is -0.401 e. The number of amides is 1. The number of carbonyl (C=O) groups is 1. The zero-order chi connectivity index (χ0) is 14.7. The fourth-order valence-electron chi connectivity index (χ4n) is 1.65. The number of hydrogen-bond acceptors (Lipinski definition) is 6. The predicted octanol–water partition coefficient (Wildman–Crippen LogP) is 2.18. The molecule has 21 heavy (non-hydrogen) atoms. The summed E-state index contributed by atoms with van der Waals surface area (Å²) in [5, 5.41) is 16.1. The third-order valence-electron chi connectivity index (χ3n) is 2.64. The lowest BCUT2D eigenvalue weighted by atomic mass is 10.4. The second kappa shape index (κ2) is 5.71. The smallest absolute Gasteiger partial charge is 0.322 e. The van der Waals surface area contributed by atoms with Gasteiger partial charge in [-0.1, -0.05) is 11.2 Å². The monoisotopic (exact) mass is 301 g/mol. The molecule has 7 nitrogen and oxygen atoms in total. The molecule has 0 atom stereocenters. The highest BCUT2D eigenvalue weighted by atomic mass is 32.1. The lowest BCUT2D eigenvalue weighted by molar-refractivity contribution is -0.112. The summed E-state index contributed by atoms with van der Waals surface area (Å²) in [6.45, 7) is 0. The molecular formula is C13H11N5O2S. The summed E-state index contributed by atoms with van der Waals surface area (Å²) in [4.78, 5) is 12.7. The van der Waals surface area contributed by atoms with Crippen LogP contribution >= 0.6 is 11.3 Å². The van der Waals surface area contributed by atoms with Gasteiger partial charge in [0.1, 0.15) is 5.69 Å². The first-order valence-corrected chi connectivity index (χ1v) is 6.95. The van der Waals surface area contributed by atoms with Gasteiger partial charge >= 0.3 is 6.01 Å². The van der Waals surface area contributed by atoms with Crippen LogP contribution in [0.1, 0.15) is 4.88 Å². The molecule has 0 saturated heterocycles. The summed E-state index contributed by atoms with van der Waals surface area (Å²) < 4.78 is 6.98. The highest BCUT2D eigenvalue weighted by Gasteiger charge is 2.12. The Morgan fingerprint density at radius 2 is 2.33 bits per heavy atom. The normalized spacial score (nSPS) is 11.1. The van der Waals surface area contributed by atoms with Crippen molar-refractivity contribution >= 4 is 29.3 Å². The van der Waals surface area contributed by atoms with Crippen LogP contribution in [-0.4, -0.2) is 25.9 Å². The van der Waals surface area contributed by atoms with Crippen LogP contribution in [0.25, 0.3) is 17.7 Å². The molecule has 1 N–H and O–H groups in total. The van der Waals surface area contributed by atoms with Crippen molar-refractivity contribution < 1.29 is 9.21 Å². The first-order valence-electron chi connectivity index (χ1n) is 6.07. The topological polar surface area (TPSA) is 85.8 Å². The first kappa shape index (κ1) is 13.3. The minimum atomic E-state index is -0.330. The molecule has 3 aromatic rings. The molecule has 0 aliphatic carbocycles. The molecule has 0 aliphatic rings. The number of hydrogen-bond donors (Lipinski definition) is 1. The van der Waals surface area contributed by atoms with E-state index in [0.29, 0.717) is 11.6 Å². The van der Waals surface area contributed by atoms with Crippen molar-refractivity contribution in [1.82, 2.24) is 20.0 Å². The highest BCUT2D eigenvalue weighted by molar-refractivity contribution is 7.10. The van der Waals surface area contributed by atoms with Crippen molar-refractivity contribution in [2.75, 3.05) is 5.32 Å². The zero-order valence-electron chi connectivity index (χ0n) is 11.1. The Morgan fingerprint density at radius 1 is 1.43 bits per heavy atom. The lowest BCUT2D eigenvalue weighted by Crippen LogP contribution is -2.07. The Bertz CT molecular complexity index is 772. The predicted molar refractivity (Wildman–Crippen MR) is 78.5 cm³/mol. The quantitative estimate of drug-likeness (QED) is 0.746. The van der Waals surface area contributed by atoms with Gasteiger partial charge in [-0.25, -0.2) is 0 Å². The van der Waals surface area contributed by atoms with Gasteiger partial charge in [-0.15, -0.1) is 16.4 Å². The van der Waals surface area contributed by atoms with Crippen LogP contribution in [0.4, 0.5) is 6.01 Å². The average molecular weight is 301 g/mol. The molecule has 1 amide bonds. The molecule has 8 heteroatoms. The van der Waals surface area contributed by atoms with Gasteiger partial charge < -0.3 is 4.42 Å². The average Bonchev–Trinajstić information content (AvgIpc) is 3.17. The number of nitrogens with one attached hydrogen (secondary N) is 1. The lowest BCUT2D eigenvalue weighted by Gasteiger charge is -1.95. The number of rotatable bonds is 4. The summed E-state index contributed by atoms with van der Waals surface area (Å²) in [5.41, 5.74) is 0.678. The van der Waals surface area contributed by atoms with E-state index in [0.717, 1.165) is 4.88 Å². The van der Waals surface area contributed by atoms with Crippen molar-refractivity contribution in [2.45, 2.75) is 0 Å². The summed E-state index contributed by atoms with van der Waals surface area (Å²) in [6, 6.07) is 5.63. The van der Waals surface area contributed by atoms with Gasteiger partial charge in [0, 0.05) is 24.2 Å². The summed E-state index contributed by atoms with van der Waals surface area (Å²) in [7, 11) is 1.77. The molecule has 0 aliphatic heterocycles. The Hall–Kier alpha value is -2.74. The van der Waals surface area contributed by atoms with Crippen LogP contribution in [0.5, 0.6) is 0 Å². The number of carbonyl (C=O) groups excluding carboxylic acids is 1. The van der Waals surface area contributed by atoms with E-state index in [1.807, 2.05) is 17.5 Å². The molecule has 0 radical (unpaired) electrons. The van der Waals surface area contributed by atoms with E-state index < -0.39 is 0 Å². The maximum Gasteiger partial charge on any atom is 0.322 e. The first-order chi connectivity index (χ1) is 10.2. The molecule has 0 unspecified atom stereocenters. The number of aromatic nitrogens is 4. The second-order valence-electron chi connectivity index (χ2n) is 4.09. The van der Waals surface area contributed by atoms with Crippen LogP contribution in [0.2, 0.25) is 0 Å². The van der Waals surface area contributed by atoms with Crippen LogP contribution in [0.15, 0.2) is 40.3 Å². The fourth-order valence-corrected chi connectivity index (χ4v) is 2.27. The maximum absolute atomic E-state index is 11.7. The minimum absolute atomic E-state index is 0.0482. The number of anilines is 1. The Labute approximate surface area is 123 Å². The summed E-state index contributed by atoms with van der Waals surface area (Å²) in [5.74, 6) is -0.0313. The Kier molecular flexibility index (Phi) is 3.61. The van der Waals surface area contributed by atoms with Crippen molar-refractivity contribution in [2.24, 2.45) is 7.05 Å². The van der Waals surface area contributed by atoms with Crippen molar-refractivity contribution in [3.05, 3.63) is 40.7 Å². The van der Waals surface area contributed by atoms with Crippen molar-refractivity contribution in [3.8, 4) is 11.6 Å². The maximum atomic E-state index is 11.7. The van der Waals surface area contributed by atoms with E-state index in [2.05, 4.69) is 20.6 Å². The van der Waals surface area contributed by atoms with Gasteiger partial charge in [0.2, 0.25) is 0 Å². The number of thiophene rings is 1. The molecule has 106 valence electrons. The van der Waals surface area contributed by atoms with E-state index in [9.17, 15) is 4.79 Å². The second-order valence-corrected chi connectivity index (χ2v) is 5.07. The van der Waals surface area contributed by atoms with Gasteiger partial charge in [0.25, 0.3) is 11.8 Å². The van der Waals surface area contributed by atoms with Crippen LogP contribution in [0.3, 0.4) is 0 Å². The van der Waals surface area contributed by atoms with Crippen LogP contribution < -0.4 is 5.32 Å². The molecule has 0 bridgehead atoms. The fraction of sp³-hybridized carbons (Fsp3) is 0.0769. The van der Waals surface area contributed by atoms with Gasteiger partial charge in [0.15, 0.2) is 0 Å². The molecule has 0 aromatic carbocycles. The number of aryl methyl sites for hydroxylation is 1. The van der Waals surface area contributed by atoms with Gasteiger partial charge in [-0.3, -0.25) is 14.8 Å². The Morgan fingerprint density at radius 3 is 3.05 bits per heavy atom. The van der Waals surface area contributed by atoms with Crippen molar-refractivity contribution in [1.29, 1.82) is 0 Å².